The summed E-state index contributed by atoms with van der Waals surface area (Å²) in [6, 6.07) is 3.85. The standard InChI is InChI=1S/C14H20N2O4/c1-9(14(20)15-2)7-16(3)8-13(19)11-5-4-10(17)6-12(11)18/h4-6,9,17-18H,7-8H2,1-3H3,(H,15,20). The maximum atomic E-state index is 12.0. The van der Waals surface area contributed by atoms with Gasteiger partial charge in [-0.05, 0) is 19.2 Å². The number of phenols is 2. The van der Waals surface area contributed by atoms with Crippen LogP contribution in [0.2, 0.25) is 0 Å². The lowest BCUT2D eigenvalue weighted by atomic mass is 10.1. The molecule has 110 valence electrons. The summed E-state index contributed by atoms with van der Waals surface area (Å²) in [5.74, 6) is -0.930. The lowest BCUT2D eigenvalue weighted by Gasteiger charge is -2.19. The van der Waals surface area contributed by atoms with E-state index in [2.05, 4.69) is 5.32 Å². The number of likely N-dealkylation sites (N-methyl/N-ethyl adjacent to an activating group) is 1. The molecule has 0 saturated heterocycles. The van der Waals surface area contributed by atoms with Gasteiger partial charge in [-0.2, -0.15) is 0 Å². The van der Waals surface area contributed by atoms with Gasteiger partial charge in [-0.1, -0.05) is 6.92 Å². The van der Waals surface area contributed by atoms with Crippen LogP contribution < -0.4 is 5.32 Å². The van der Waals surface area contributed by atoms with Crippen LogP contribution in [0, 0.1) is 5.92 Å². The van der Waals surface area contributed by atoms with Crippen LogP contribution in [-0.4, -0.2) is 54.0 Å². The number of ketones is 1. The summed E-state index contributed by atoms with van der Waals surface area (Å²) < 4.78 is 0. The quantitative estimate of drug-likeness (QED) is 0.664. The second-order valence-electron chi connectivity index (χ2n) is 4.84. The number of nitrogens with one attached hydrogen (secondary N) is 1. The molecule has 3 N–H and O–H groups in total. The van der Waals surface area contributed by atoms with Gasteiger partial charge >= 0.3 is 0 Å². The van der Waals surface area contributed by atoms with Crippen molar-refractivity contribution in [3.8, 4) is 11.5 Å². The lowest BCUT2D eigenvalue weighted by molar-refractivity contribution is -0.124. The molecule has 0 aromatic heterocycles. The van der Waals surface area contributed by atoms with E-state index in [9.17, 15) is 19.8 Å². The fourth-order valence-electron chi connectivity index (χ4n) is 1.95. The van der Waals surface area contributed by atoms with Gasteiger partial charge in [-0.3, -0.25) is 14.5 Å². The number of benzene rings is 1. The predicted octanol–water partition coefficient (Wildman–Crippen LogP) is 0.594. The summed E-state index contributed by atoms with van der Waals surface area (Å²) in [6.45, 7) is 2.29. The van der Waals surface area contributed by atoms with Gasteiger partial charge in [-0.25, -0.2) is 0 Å². The van der Waals surface area contributed by atoms with E-state index in [1.807, 2.05) is 0 Å². The van der Waals surface area contributed by atoms with Crippen molar-refractivity contribution < 1.29 is 19.8 Å². The van der Waals surface area contributed by atoms with Crippen molar-refractivity contribution >= 4 is 11.7 Å². The van der Waals surface area contributed by atoms with Gasteiger partial charge in [0.05, 0.1) is 12.1 Å². The van der Waals surface area contributed by atoms with Gasteiger partial charge in [0, 0.05) is 25.6 Å². The number of hydrogen-bond donors (Lipinski definition) is 3. The van der Waals surface area contributed by atoms with Crippen LogP contribution in [0.1, 0.15) is 17.3 Å². The molecule has 0 fully saturated rings. The van der Waals surface area contributed by atoms with Crippen molar-refractivity contribution in [2.75, 3.05) is 27.2 Å². The minimum Gasteiger partial charge on any atom is -0.508 e. The summed E-state index contributed by atoms with van der Waals surface area (Å²) in [5, 5.41) is 21.4. The number of Topliss-reactive ketones (excluding diaryl/α,β-unsaturated/α-hetero) is 1. The third-order valence-corrected chi connectivity index (χ3v) is 2.97. The number of rotatable bonds is 6. The maximum absolute atomic E-state index is 12.0. The Kier molecular flexibility index (Phi) is 5.52. The van der Waals surface area contributed by atoms with Crippen molar-refractivity contribution in [2.24, 2.45) is 5.92 Å². The summed E-state index contributed by atoms with van der Waals surface area (Å²) in [4.78, 5) is 25.1. The van der Waals surface area contributed by atoms with Gasteiger partial charge in [-0.15, -0.1) is 0 Å². The zero-order valence-electron chi connectivity index (χ0n) is 11.9. The zero-order valence-corrected chi connectivity index (χ0v) is 11.9. The van der Waals surface area contributed by atoms with Crippen molar-refractivity contribution in [3.05, 3.63) is 23.8 Å². The fraction of sp³-hybridized carbons (Fsp3) is 0.429. The number of carbonyl (C=O) groups excluding carboxylic acids is 2. The molecule has 6 heteroatoms. The second kappa shape index (κ2) is 6.91. The first-order chi connectivity index (χ1) is 9.35. The molecule has 0 spiro atoms. The zero-order chi connectivity index (χ0) is 15.3. The Hall–Kier alpha value is -2.08. The van der Waals surface area contributed by atoms with Gasteiger partial charge < -0.3 is 15.5 Å². The van der Waals surface area contributed by atoms with E-state index in [1.54, 1.807) is 25.9 Å². The van der Waals surface area contributed by atoms with Gasteiger partial charge in [0.25, 0.3) is 0 Å². The number of nitrogens with zero attached hydrogens (tertiary/aromatic N) is 1. The third kappa shape index (κ3) is 4.24. The highest BCUT2D eigenvalue weighted by atomic mass is 16.3. The normalized spacial score (nSPS) is 12.2. The molecule has 0 aliphatic heterocycles. The number of aromatic hydroxyl groups is 2. The van der Waals surface area contributed by atoms with Gasteiger partial charge in [0.1, 0.15) is 11.5 Å². The molecular weight excluding hydrogens is 260 g/mol. The molecule has 1 unspecified atom stereocenters. The molecule has 0 radical (unpaired) electrons. The van der Waals surface area contributed by atoms with Crippen LogP contribution in [-0.2, 0) is 4.79 Å². The molecule has 20 heavy (non-hydrogen) atoms. The third-order valence-electron chi connectivity index (χ3n) is 2.97. The average molecular weight is 280 g/mol. The molecular formula is C14H20N2O4. The summed E-state index contributed by atoms with van der Waals surface area (Å²) in [7, 11) is 3.30. The first kappa shape index (κ1) is 16.0. The van der Waals surface area contributed by atoms with E-state index >= 15 is 0 Å². The second-order valence-corrected chi connectivity index (χ2v) is 4.84. The predicted molar refractivity (Wildman–Crippen MR) is 74.8 cm³/mol. The van der Waals surface area contributed by atoms with Crippen LogP contribution in [0.4, 0.5) is 0 Å². The molecule has 0 aliphatic carbocycles. The Bertz CT molecular complexity index is 502. The molecule has 6 nitrogen and oxygen atoms in total. The Balaban J connectivity index is 2.64. The van der Waals surface area contributed by atoms with E-state index in [0.29, 0.717) is 6.54 Å². The average Bonchev–Trinajstić information content (AvgIpc) is 2.37. The van der Waals surface area contributed by atoms with E-state index in [1.165, 1.54) is 12.1 Å². The van der Waals surface area contributed by atoms with E-state index in [4.69, 9.17) is 0 Å². The smallest absolute Gasteiger partial charge is 0.223 e. The van der Waals surface area contributed by atoms with E-state index < -0.39 is 0 Å². The Morgan fingerprint density at radius 1 is 1.35 bits per heavy atom. The van der Waals surface area contributed by atoms with E-state index in [0.717, 1.165) is 6.07 Å². The summed E-state index contributed by atoms with van der Waals surface area (Å²) >= 11 is 0. The monoisotopic (exact) mass is 280 g/mol. The highest BCUT2D eigenvalue weighted by molar-refractivity contribution is 6.00. The fourth-order valence-corrected chi connectivity index (χ4v) is 1.95. The summed E-state index contributed by atoms with van der Waals surface area (Å²) in [6.07, 6.45) is 0. The molecule has 1 rings (SSSR count). The first-order valence-corrected chi connectivity index (χ1v) is 6.30. The van der Waals surface area contributed by atoms with Crippen molar-refractivity contribution in [2.45, 2.75) is 6.92 Å². The van der Waals surface area contributed by atoms with Crippen LogP contribution >= 0.6 is 0 Å². The molecule has 1 aromatic rings. The topological polar surface area (TPSA) is 89.9 Å². The highest BCUT2D eigenvalue weighted by Crippen LogP contribution is 2.23. The maximum Gasteiger partial charge on any atom is 0.223 e. The van der Waals surface area contributed by atoms with Crippen LogP contribution in [0.15, 0.2) is 18.2 Å². The number of amides is 1. The molecule has 0 heterocycles. The number of carbonyl (C=O) groups is 2. The minimum absolute atomic E-state index is 0.0830. The minimum atomic E-state index is -0.269. The Morgan fingerprint density at radius 2 is 2.00 bits per heavy atom. The van der Waals surface area contributed by atoms with Crippen LogP contribution in [0.25, 0.3) is 0 Å². The Labute approximate surface area is 118 Å². The largest absolute Gasteiger partial charge is 0.508 e. The lowest BCUT2D eigenvalue weighted by Crippen LogP contribution is -2.36. The van der Waals surface area contributed by atoms with Gasteiger partial charge in [0.15, 0.2) is 5.78 Å². The van der Waals surface area contributed by atoms with Crippen LogP contribution in [0.5, 0.6) is 11.5 Å². The summed E-state index contributed by atoms with van der Waals surface area (Å²) in [5.41, 5.74) is 0.155. The van der Waals surface area contributed by atoms with Crippen molar-refractivity contribution in [1.82, 2.24) is 10.2 Å². The van der Waals surface area contributed by atoms with Gasteiger partial charge in [0.2, 0.25) is 5.91 Å². The molecule has 1 atom stereocenters. The molecule has 0 bridgehead atoms. The molecule has 0 aliphatic rings. The number of phenolic OH excluding ortho intramolecular Hbond substituents is 2. The highest BCUT2D eigenvalue weighted by Gasteiger charge is 2.18. The first-order valence-electron chi connectivity index (χ1n) is 6.30. The van der Waals surface area contributed by atoms with E-state index in [-0.39, 0.29) is 41.2 Å². The Morgan fingerprint density at radius 3 is 2.55 bits per heavy atom. The number of hydrogen-bond acceptors (Lipinski definition) is 5. The van der Waals surface area contributed by atoms with Crippen molar-refractivity contribution in [1.29, 1.82) is 0 Å². The van der Waals surface area contributed by atoms with Crippen LogP contribution in [0.3, 0.4) is 0 Å². The molecule has 1 amide bonds. The van der Waals surface area contributed by atoms with Crippen molar-refractivity contribution in [3.63, 3.8) is 0 Å². The molecule has 0 saturated carbocycles. The molecule has 1 aromatic carbocycles. The SMILES string of the molecule is CNC(=O)C(C)CN(C)CC(=O)c1ccc(O)cc1O.